The summed E-state index contributed by atoms with van der Waals surface area (Å²) >= 11 is 0. The summed E-state index contributed by atoms with van der Waals surface area (Å²) in [6.45, 7) is 0. The maximum Gasteiger partial charge on any atom is 0.160 e. The van der Waals surface area contributed by atoms with E-state index < -0.39 is 0 Å². The molecule has 0 bridgehead atoms. The fraction of sp³-hybridized carbons (Fsp3) is 0.211. The number of anilines is 1. The fourth-order valence-corrected chi connectivity index (χ4v) is 2.73. The van der Waals surface area contributed by atoms with Gasteiger partial charge in [0.05, 0.1) is 5.70 Å². The van der Waals surface area contributed by atoms with Gasteiger partial charge in [-0.05, 0) is 37.0 Å². The van der Waals surface area contributed by atoms with Gasteiger partial charge in [-0.15, -0.1) is 0 Å². The highest BCUT2D eigenvalue weighted by molar-refractivity contribution is 6.04. The number of para-hydroxylation sites is 1. The molecule has 0 aromatic heterocycles. The second-order valence-corrected chi connectivity index (χ2v) is 5.34. The monoisotopic (exact) mass is 277 g/mol. The van der Waals surface area contributed by atoms with E-state index in [2.05, 4.69) is 17.4 Å². The highest BCUT2D eigenvalue weighted by Gasteiger charge is 2.20. The Bertz CT molecular complexity index is 644. The second-order valence-electron chi connectivity index (χ2n) is 5.34. The maximum absolute atomic E-state index is 12.3. The predicted molar refractivity (Wildman–Crippen MR) is 86.9 cm³/mol. The number of benzene rings is 2. The molecule has 0 saturated heterocycles. The molecule has 0 aliphatic heterocycles. The van der Waals surface area contributed by atoms with Crippen LogP contribution in [0.1, 0.15) is 31.2 Å². The summed E-state index contributed by atoms with van der Waals surface area (Å²) in [6.07, 6.45) is 3.63. The average molecular weight is 277 g/mol. The molecule has 1 fully saturated rings. The van der Waals surface area contributed by atoms with Crippen LogP contribution >= 0.6 is 0 Å². The van der Waals surface area contributed by atoms with Crippen LogP contribution < -0.4 is 5.32 Å². The van der Waals surface area contributed by atoms with Gasteiger partial charge in [-0.1, -0.05) is 48.5 Å². The lowest BCUT2D eigenvalue weighted by Gasteiger charge is -2.20. The normalized spacial score (nSPS) is 17.4. The third-order valence-corrected chi connectivity index (χ3v) is 3.82. The summed E-state index contributed by atoms with van der Waals surface area (Å²) < 4.78 is 0. The Morgan fingerprint density at radius 1 is 0.810 bits per heavy atom. The number of ketones is 1. The first kappa shape index (κ1) is 13.6. The van der Waals surface area contributed by atoms with Gasteiger partial charge in [-0.25, -0.2) is 0 Å². The lowest BCUT2D eigenvalue weighted by Crippen LogP contribution is -2.14. The summed E-state index contributed by atoms with van der Waals surface area (Å²) in [5, 5.41) is 3.45. The SMILES string of the molecule is O=C1CCCC/C1=C(\Nc1ccccc1)c1ccccc1. The van der Waals surface area contributed by atoms with Crippen LogP contribution in [0.25, 0.3) is 5.70 Å². The molecule has 0 amide bonds. The summed E-state index contributed by atoms with van der Waals surface area (Å²) in [5.74, 6) is 0.281. The number of carbonyl (C=O) groups is 1. The Hall–Kier alpha value is -2.35. The highest BCUT2D eigenvalue weighted by atomic mass is 16.1. The van der Waals surface area contributed by atoms with Gasteiger partial charge in [0.1, 0.15) is 0 Å². The Morgan fingerprint density at radius 2 is 1.43 bits per heavy atom. The van der Waals surface area contributed by atoms with E-state index >= 15 is 0 Å². The zero-order valence-corrected chi connectivity index (χ0v) is 12.0. The lowest BCUT2D eigenvalue weighted by atomic mass is 9.90. The van der Waals surface area contributed by atoms with Crippen LogP contribution in [0.3, 0.4) is 0 Å². The Balaban J connectivity index is 2.03. The van der Waals surface area contributed by atoms with Gasteiger partial charge >= 0.3 is 0 Å². The number of hydrogen-bond acceptors (Lipinski definition) is 2. The maximum atomic E-state index is 12.3. The van der Waals surface area contributed by atoms with E-state index in [1.54, 1.807) is 0 Å². The lowest BCUT2D eigenvalue weighted by molar-refractivity contribution is -0.116. The molecule has 0 atom stereocenters. The third-order valence-electron chi connectivity index (χ3n) is 3.82. The topological polar surface area (TPSA) is 29.1 Å². The van der Waals surface area contributed by atoms with Crippen molar-refractivity contribution in [1.82, 2.24) is 0 Å². The zero-order valence-electron chi connectivity index (χ0n) is 12.0. The van der Waals surface area contributed by atoms with Crippen LogP contribution in [0, 0.1) is 0 Å². The van der Waals surface area contributed by atoms with E-state index in [1.165, 1.54) is 0 Å². The van der Waals surface area contributed by atoms with Crippen molar-refractivity contribution >= 4 is 17.2 Å². The van der Waals surface area contributed by atoms with Crippen molar-refractivity contribution < 1.29 is 4.79 Å². The molecule has 1 aliphatic rings. The highest BCUT2D eigenvalue weighted by Crippen LogP contribution is 2.29. The number of rotatable bonds is 3. The van der Waals surface area contributed by atoms with Gasteiger partial charge < -0.3 is 5.32 Å². The van der Waals surface area contributed by atoms with Crippen LogP contribution in [0.2, 0.25) is 0 Å². The fourth-order valence-electron chi connectivity index (χ4n) is 2.73. The number of nitrogens with one attached hydrogen (secondary N) is 1. The second kappa shape index (κ2) is 6.40. The molecule has 0 spiro atoms. The Morgan fingerprint density at radius 3 is 2.10 bits per heavy atom. The molecule has 0 radical (unpaired) electrons. The molecule has 2 aromatic carbocycles. The third kappa shape index (κ3) is 3.22. The molecule has 2 heteroatoms. The molecule has 1 aliphatic carbocycles. The van der Waals surface area contributed by atoms with Gasteiger partial charge in [0.15, 0.2) is 5.78 Å². The number of allylic oxidation sites excluding steroid dienone is 1. The van der Waals surface area contributed by atoms with Crippen molar-refractivity contribution in [2.75, 3.05) is 5.32 Å². The van der Waals surface area contributed by atoms with Crippen LogP contribution in [0.4, 0.5) is 5.69 Å². The van der Waals surface area contributed by atoms with Crippen molar-refractivity contribution in [2.24, 2.45) is 0 Å². The minimum Gasteiger partial charge on any atom is -0.355 e. The Kier molecular flexibility index (Phi) is 4.15. The standard InChI is InChI=1S/C19H19NO/c21-18-14-8-7-13-17(18)19(15-9-3-1-4-10-15)20-16-11-5-2-6-12-16/h1-6,9-12,20H,7-8,13-14H2/b19-17+. The summed E-state index contributed by atoms with van der Waals surface area (Å²) in [6, 6.07) is 20.2. The molecule has 0 unspecified atom stereocenters. The molecule has 0 heterocycles. The molecule has 21 heavy (non-hydrogen) atoms. The summed E-state index contributed by atoms with van der Waals surface area (Å²) in [7, 11) is 0. The largest absolute Gasteiger partial charge is 0.355 e. The zero-order chi connectivity index (χ0) is 14.5. The van der Waals surface area contributed by atoms with Crippen molar-refractivity contribution in [3.63, 3.8) is 0 Å². The number of hydrogen-bond donors (Lipinski definition) is 1. The van der Waals surface area contributed by atoms with Crippen molar-refractivity contribution in [3.8, 4) is 0 Å². The van der Waals surface area contributed by atoms with Gasteiger partial charge in [0.25, 0.3) is 0 Å². The summed E-state index contributed by atoms with van der Waals surface area (Å²) in [5.41, 5.74) is 4.00. The van der Waals surface area contributed by atoms with Gasteiger partial charge in [-0.2, -0.15) is 0 Å². The first-order valence-corrected chi connectivity index (χ1v) is 7.48. The van der Waals surface area contributed by atoms with E-state index in [0.717, 1.165) is 41.8 Å². The molecule has 3 rings (SSSR count). The first-order chi connectivity index (χ1) is 10.3. The molecule has 2 aromatic rings. The van der Waals surface area contributed by atoms with Crippen molar-refractivity contribution in [1.29, 1.82) is 0 Å². The molecular formula is C19H19NO. The number of carbonyl (C=O) groups excluding carboxylic acids is 1. The van der Waals surface area contributed by atoms with E-state index in [1.807, 2.05) is 48.5 Å². The molecular weight excluding hydrogens is 258 g/mol. The minimum atomic E-state index is 0.281. The van der Waals surface area contributed by atoms with E-state index in [0.29, 0.717) is 6.42 Å². The predicted octanol–water partition coefficient (Wildman–Crippen LogP) is 4.65. The van der Waals surface area contributed by atoms with Crippen molar-refractivity contribution in [2.45, 2.75) is 25.7 Å². The van der Waals surface area contributed by atoms with Gasteiger partial charge in [0, 0.05) is 17.7 Å². The Labute approximate surface area is 125 Å². The van der Waals surface area contributed by atoms with E-state index in [4.69, 9.17) is 0 Å². The van der Waals surface area contributed by atoms with Crippen LogP contribution in [0.5, 0.6) is 0 Å². The minimum absolute atomic E-state index is 0.281. The van der Waals surface area contributed by atoms with Crippen LogP contribution in [0.15, 0.2) is 66.2 Å². The van der Waals surface area contributed by atoms with Gasteiger partial charge in [-0.3, -0.25) is 4.79 Å². The molecule has 1 N–H and O–H groups in total. The summed E-state index contributed by atoms with van der Waals surface area (Å²) in [4.78, 5) is 12.3. The quantitative estimate of drug-likeness (QED) is 0.827. The average Bonchev–Trinajstić information content (AvgIpc) is 2.55. The molecule has 106 valence electrons. The van der Waals surface area contributed by atoms with Crippen LogP contribution in [-0.2, 0) is 4.79 Å². The van der Waals surface area contributed by atoms with E-state index in [9.17, 15) is 4.79 Å². The smallest absolute Gasteiger partial charge is 0.160 e. The molecule has 2 nitrogen and oxygen atoms in total. The first-order valence-electron chi connectivity index (χ1n) is 7.48. The van der Waals surface area contributed by atoms with E-state index in [-0.39, 0.29) is 5.78 Å². The number of Topliss-reactive ketones (excluding diaryl/α,β-unsaturated/α-hetero) is 1. The van der Waals surface area contributed by atoms with Crippen molar-refractivity contribution in [3.05, 3.63) is 71.8 Å². The van der Waals surface area contributed by atoms with Gasteiger partial charge in [0.2, 0.25) is 0 Å². The van der Waals surface area contributed by atoms with Crippen LogP contribution in [-0.4, -0.2) is 5.78 Å². The molecule has 1 saturated carbocycles.